The molecule has 0 fully saturated rings. The minimum absolute atomic E-state index is 0. The monoisotopic (exact) mass is 428 g/mol. The maximum Gasteiger partial charge on any atom is 2.00 e. The van der Waals surface area contributed by atoms with Gasteiger partial charge in [-0.15, -0.1) is 0 Å². The summed E-state index contributed by atoms with van der Waals surface area (Å²) in [5.74, 6) is 0. The number of rotatable bonds is 5. The molecule has 0 atom stereocenters. The second kappa shape index (κ2) is 10.8. The van der Waals surface area contributed by atoms with Crippen LogP contribution in [0.15, 0.2) is 24.3 Å². The molecule has 0 nitrogen and oxygen atoms in total. The van der Waals surface area contributed by atoms with Crippen LogP contribution in [-0.2, 0) is 12.8 Å². The Kier molecular flexibility index (Phi) is 12.7. The third-order valence-electron chi connectivity index (χ3n) is 2.44. The molecular weight excluding hydrogens is 406 g/mol. The molecule has 0 N–H and O–H groups in total. The molecule has 82 valence electrons. The van der Waals surface area contributed by atoms with Crippen LogP contribution in [0.25, 0.3) is 0 Å². The summed E-state index contributed by atoms with van der Waals surface area (Å²) in [5.41, 5.74) is 2.91. The molecule has 1 heteroatoms. The molecule has 0 heterocycles. The fraction of sp³-hybridized carbons (Fsp3) is 0.429. The predicted molar refractivity (Wildman–Crippen MR) is 65.1 cm³/mol. The van der Waals surface area contributed by atoms with Crippen molar-refractivity contribution in [1.29, 1.82) is 0 Å². The van der Waals surface area contributed by atoms with Gasteiger partial charge in [-0.2, -0.15) is 6.42 Å². The quantitative estimate of drug-likeness (QED) is 0.486. The Hall–Kier alpha value is 0.272. The summed E-state index contributed by atoms with van der Waals surface area (Å²) < 4.78 is 0. The first-order chi connectivity index (χ1) is 6.38. The van der Waals surface area contributed by atoms with Crippen molar-refractivity contribution in [3.05, 3.63) is 49.7 Å². The van der Waals surface area contributed by atoms with Crippen LogP contribution >= 0.6 is 0 Å². The Labute approximate surface area is 119 Å². The van der Waals surface area contributed by atoms with E-state index >= 15 is 0 Å². The summed E-state index contributed by atoms with van der Waals surface area (Å²) in [6.45, 7) is 6.19. The predicted octanol–water partition coefficient (Wildman–Crippen LogP) is 4.25. The van der Waals surface area contributed by atoms with E-state index in [1.807, 2.05) is 0 Å². The number of benzene rings is 1. The van der Waals surface area contributed by atoms with Crippen LogP contribution in [-0.4, -0.2) is 0 Å². The van der Waals surface area contributed by atoms with Gasteiger partial charge in [0.1, 0.15) is 0 Å². The minimum atomic E-state index is 0. The number of unbranched alkanes of at least 4 members (excludes halogenated alkanes) is 2. The van der Waals surface area contributed by atoms with Crippen molar-refractivity contribution in [2.75, 3.05) is 0 Å². The fourth-order valence-electron chi connectivity index (χ4n) is 1.61. The van der Waals surface area contributed by atoms with Crippen LogP contribution in [0.3, 0.4) is 0 Å². The van der Waals surface area contributed by atoms with Crippen LogP contribution in [0.2, 0.25) is 0 Å². The zero-order valence-corrected chi connectivity index (χ0v) is 14.2. The Morgan fingerprint density at radius 2 is 1.67 bits per heavy atom. The molecule has 0 unspecified atom stereocenters. The molecule has 0 amide bonds. The van der Waals surface area contributed by atoms with Crippen LogP contribution in [0, 0.1) is 45.5 Å². The van der Waals surface area contributed by atoms with Gasteiger partial charge in [0.25, 0.3) is 0 Å². The van der Waals surface area contributed by atoms with Crippen molar-refractivity contribution in [2.24, 2.45) is 0 Å². The second-order valence-electron chi connectivity index (χ2n) is 3.48. The van der Waals surface area contributed by atoms with E-state index in [0.717, 1.165) is 6.42 Å². The van der Waals surface area contributed by atoms with Gasteiger partial charge in [-0.05, 0) is 18.4 Å². The summed E-state index contributed by atoms with van der Waals surface area (Å²) >= 11 is 0. The topological polar surface area (TPSA) is 0 Å². The Morgan fingerprint density at radius 1 is 1.07 bits per heavy atom. The van der Waals surface area contributed by atoms with Gasteiger partial charge in [0.05, 0.1) is 0 Å². The van der Waals surface area contributed by atoms with Crippen LogP contribution < -0.4 is 0 Å². The first-order valence-corrected chi connectivity index (χ1v) is 5.24. The van der Waals surface area contributed by atoms with E-state index in [4.69, 9.17) is 0 Å². The molecule has 0 aliphatic carbocycles. The summed E-state index contributed by atoms with van der Waals surface area (Å²) in [7, 11) is 0. The van der Waals surface area contributed by atoms with Crippen LogP contribution in [0.4, 0.5) is 0 Å². The van der Waals surface area contributed by atoms with E-state index in [1.54, 1.807) is 0 Å². The van der Waals surface area contributed by atoms with E-state index in [9.17, 15) is 0 Å². The zero-order valence-electron chi connectivity index (χ0n) is 10.1. The Morgan fingerprint density at radius 3 is 2.20 bits per heavy atom. The molecule has 15 heavy (non-hydrogen) atoms. The van der Waals surface area contributed by atoms with Gasteiger partial charge < -0.3 is 14.4 Å². The maximum absolute atomic E-state index is 3.94. The Balaban J connectivity index is 0. The molecule has 0 saturated carbocycles. The molecule has 0 bridgehead atoms. The minimum Gasteiger partial charge on any atom is -0.358 e. The van der Waals surface area contributed by atoms with E-state index < -0.39 is 0 Å². The number of hydrogen-bond acceptors (Lipinski definition) is 0. The first kappa shape index (κ1) is 17.7. The van der Waals surface area contributed by atoms with E-state index in [-0.39, 0.29) is 38.5 Å². The molecule has 0 aliphatic heterocycles. The van der Waals surface area contributed by atoms with E-state index in [2.05, 4.69) is 38.1 Å². The smallest absolute Gasteiger partial charge is 0.358 e. The summed E-state index contributed by atoms with van der Waals surface area (Å²) in [4.78, 5) is 0. The average Bonchev–Trinajstić information content (AvgIpc) is 2.19. The molecule has 0 aliphatic rings. The van der Waals surface area contributed by atoms with Gasteiger partial charge in [-0.3, -0.25) is 0 Å². The molecule has 0 spiro atoms. The zero-order chi connectivity index (χ0) is 9.52. The van der Waals surface area contributed by atoms with Crippen LogP contribution in [0.1, 0.15) is 37.3 Å². The summed E-state index contributed by atoms with van der Waals surface area (Å²) in [6, 6.07) is 8.65. The molecule has 1 rings (SSSR count). The summed E-state index contributed by atoms with van der Waals surface area (Å²) in [5, 5.41) is 0. The third-order valence-corrected chi connectivity index (χ3v) is 2.44. The van der Waals surface area contributed by atoms with Crippen molar-refractivity contribution in [1.82, 2.24) is 0 Å². The van der Waals surface area contributed by atoms with Crippen molar-refractivity contribution >= 4 is 0 Å². The van der Waals surface area contributed by atoms with Crippen molar-refractivity contribution in [2.45, 2.75) is 39.0 Å². The SMILES string of the molecule is [CH2-]Cc1ccccc1CCCCC.[CH3-].[U+2]. The van der Waals surface area contributed by atoms with Gasteiger partial charge >= 0.3 is 31.1 Å². The van der Waals surface area contributed by atoms with E-state index in [1.165, 1.54) is 36.8 Å². The molecule has 0 saturated heterocycles. The molecular formula is C14H22U. The molecule has 0 radical (unpaired) electrons. The van der Waals surface area contributed by atoms with Crippen molar-refractivity contribution in [3.8, 4) is 0 Å². The molecule has 1 aromatic rings. The van der Waals surface area contributed by atoms with Gasteiger partial charge in [-0.25, -0.2) is 0 Å². The van der Waals surface area contributed by atoms with E-state index in [0.29, 0.717) is 0 Å². The van der Waals surface area contributed by atoms with Crippen molar-refractivity contribution < 1.29 is 31.1 Å². The Bertz CT molecular complexity index is 243. The largest absolute Gasteiger partial charge is 2.00 e. The average molecular weight is 428 g/mol. The number of aryl methyl sites for hydroxylation is 1. The summed E-state index contributed by atoms with van der Waals surface area (Å²) in [6.07, 6.45) is 6.09. The van der Waals surface area contributed by atoms with Gasteiger partial charge in [-0.1, -0.05) is 49.6 Å². The van der Waals surface area contributed by atoms with Gasteiger partial charge in [0, 0.05) is 0 Å². The number of hydrogen-bond donors (Lipinski definition) is 0. The fourth-order valence-corrected chi connectivity index (χ4v) is 1.61. The molecule has 0 aromatic heterocycles. The van der Waals surface area contributed by atoms with Gasteiger partial charge in [0.2, 0.25) is 0 Å². The third kappa shape index (κ3) is 6.44. The normalized spacial score (nSPS) is 8.93. The molecule has 1 aromatic carbocycles. The standard InChI is InChI=1S/C13H19.CH3.U/c1-3-5-6-10-13-11-8-7-9-12(13)4-2;;/h7-9,11H,2-6,10H2,1H3;1H3;/q2*-1;+2. The van der Waals surface area contributed by atoms with Crippen LogP contribution in [0.5, 0.6) is 0 Å². The maximum atomic E-state index is 3.94. The van der Waals surface area contributed by atoms with Crippen molar-refractivity contribution in [3.63, 3.8) is 0 Å². The second-order valence-corrected chi connectivity index (χ2v) is 3.48. The first-order valence-electron chi connectivity index (χ1n) is 5.24. The van der Waals surface area contributed by atoms with Gasteiger partial charge in [0.15, 0.2) is 0 Å².